The SMILES string of the molecule is CCNC(=NCCOc1ncc(C(F)(F)F)cc1Cl)NCC.I. The highest BCUT2D eigenvalue weighted by Gasteiger charge is 2.31. The Morgan fingerprint density at radius 1 is 1.30 bits per heavy atom. The fourth-order valence-electron chi connectivity index (χ4n) is 1.50. The molecule has 0 radical (unpaired) electrons. The summed E-state index contributed by atoms with van der Waals surface area (Å²) < 4.78 is 42.6. The summed E-state index contributed by atoms with van der Waals surface area (Å²) in [6, 6.07) is 0.788. The molecule has 0 aliphatic carbocycles. The fourth-order valence-corrected chi connectivity index (χ4v) is 1.72. The molecule has 0 amide bonds. The van der Waals surface area contributed by atoms with Crippen molar-refractivity contribution in [2.24, 2.45) is 4.99 Å². The van der Waals surface area contributed by atoms with Crippen LogP contribution in [0.2, 0.25) is 5.02 Å². The number of halogens is 5. The zero-order valence-electron chi connectivity index (χ0n) is 12.7. The van der Waals surface area contributed by atoms with Gasteiger partial charge in [-0.05, 0) is 19.9 Å². The maximum Gasteiger partial charge on any atom is 0.417 e. The van der Waals surface area contributed by atoms with E-state index in [0.717, 1.165) is 19.2 Å². The van der Waals surface area contributed by atoms with Crippen molar-refractivity contribution in [2.45, 2.75) is 20.0 Å². The molecular weight excluding hydrogens is 448 g/mol. The smallest absolute Gasteiger partial charge is 0.417 e. The van der Waals surface area contributed by atoms with Crippen LogP contribution in [-0.2, 0) is 6.18 Å². The van der Waals surface area contributed by atoms with E-state index in [-0.39, 0.29) is 41.5 Å². The largest absolute Gasteiger partial charge is 0.475 e. The van der Waals surface area contributed by atoms with Gasteiger partial charge < -0.3 is 15.4 Å². The van der Waals surface area contributed by atoms with Crippen molar-refractivity contribution >= 4 is 41.5 Å². The molecule has 0 unspecified atom stereocenters. The van der Waals surface area contributed by atoms with Crippen LogP contribution in [0.5, 0.6) is 5.88 Å². The minimum Gasteiger partial charge on any atom is -0.475 e. The number of guanidine groups is 1. The third kappa shape index (κ3) is 7.91. The average molecular weight is 467 g/mol. The summed E-state index contributed by atoms with van der Waals surface area (Å²) in [7, 11) is 0. The van der Waals surface area contributed by atoms with E-state index >= 15 is 0 Å². The molecule has 10 heteroatoms. The molecule has 132 valence electrons. The molecule has 0 saturated heterocycles. The third-order valence-corrected chi connectivity index (χ3v) is 2.69. The van der Waals surface area contributed by atoms with Crippen molar-refractivity contribution in [3.05, 3.63) is 22.8 Å². The van der Waals surface area contributed by atoms with Gasteiger partial charge in [-0.25, -0.2) is 9.98 Å². The molecule has 2 N–H and O–H groups in total. The molecule has 0 spiro atoms. The lowest BCUT2D eigenvalue weighted by Gasteiger charge is -2.11. The molecule has 0 saturated carbocycles. The van der Waals surface area contributed by atoms with Gasteiger partial charge in [0, 0.05) is 19.3 Å². The maximum absolute atomic E-state index is 12.5. The molecule has 0 fully saturated rings. The number of aromatic nitrogens is 1. The van der Waals surface area contributed by atoms with Crippen molar-refractivity contribution < 1.29 is 17.9 Å². The molecule has 0 atom stereocenters. The highest BCUT2D eigenvalue weighted by molar-refractivity contribution is 14.0. The number of ether oxygens (including phenoxy) is 1. The van der Waals surface area contributed by atoms with E-state index < -0.39 is 11.7 Å². The topological polar surface area (TPSA) is 58.5 Å². The van der Waals surface area contributed by atoms with E-state index in [1.165, 1.54) is 0 Å². The lowest BCUT2D eigenvalue weighted by molar-refractivity contribution is -0.137. The number of pyridine rings is 1. The Morgan fingerprint density at radius 3 is 2.39 bits per heavy atom. The predicted octanol–water partition coefficient (Wildman–Crippen LogP) is 3.33. The zero-order chi connectivity index (χ0) is 16.6. The number of rotatable bonds is 6. The number of nitrogens with one attached hydrogen (secondary N) is 2. The molecule has 5 nitrogen and oxygen atoms in total. The van der Waals surface area contributed by atoms with Crippen LogP contribution in [0, 0.1) is 0 Å². The van der Waals surface area contributed by atoms with Crippen LogP contribution in [0.25, 0.3) is 0 Å². The summed E-state index contributed by atoms with van der Waals surface area (Å²) in [4.78, 5) is 7.80. The highest BCUT2D eigenvalue weighted by atomic mass is 127. The molecule has 1 aromatic heterocycles. The molecule has 1 aromatic rings. The van der Waals surface area contributed by atoms with Crippen molar-refractivity contribution in [2.75, 3.05) is 26.2 Å². The minimum absolute atomic E-state index is 0. The average Bonchev–Trinajstić information content (AvgIpc) is 2.44. The molecule has 0 aromatic carbocycles. The monoisotopic (exact) mass is 466 g/mol. The van der Waals surface area contributed by atoms with Crippen molar-refractivity contribution in [3.8, 4) is 5.88 Å². The Bertz CT molecular complexity index is 506. The van der Waals surface area contributed by atoms with E-state index in [9.17, 15) is 13.2 Å². The van der Waals surface area contributed by atoms with Gasteiger partial charge in [0.2, 0.25) is 5.88 Å². The van der Waals surface area contributed by atoms with Crippen LogP contribution in [0.1, 0.15) is 19.4 Å². The highest BCUT2D eigenvalue weighted by Crippen LogP contribution is 2.32. The third-order valence-electron chi connectivity index (χ3n) is 2.42. The Morgan fingerprint density at radius 2 is 1.91 bits per heavy atom. The molecule has 0 aliphatic heterocycles. The first-order chi connectivity index (χ1) is 10.4. The van der Waals surface area contributed by atoms with Gasteiger partial charge in [-0.2, -0.15) is 13.2 Å². The normalized spacial score (nSPS) is 10.5. The van der Waals surface area contributed by atoms with Gasteiger partial charge in [0.1, 0.15) is 11.6 Å². The van der Waals surface area contributed by atoms with E-state index in [0.29, 0.717) is 18.7 Å². The van der Waals surface area contributed by atoms with Gasteiger partial charge in [0.15, 0.2) is 5.96 Å². The lowest BCUT2D eigenvalue weighted by Crippen LogP contribution is -2.37. The number of hydrogen-bond acceptors (Lipinski definition) is 3. The minimum atomic E-state index is -4.48. The molecule has 1 rings (SSSR count). The van der Waals surface area contributed by atoms with E-state index in [4.69, 9.17) is 16.3 Å². The second-order valence-corrected chi connectivity index (χ2v) is 4.56. The number of aliphatic imine (C=N–C) groups is 1. The van der Waals surface area contributed by atoms with E-state index in [1.807, 2.05) is 13.8 Å². The van der Waals surface area contributed by atoms with Crippen LogP contribution >= 0.6 is 35.6 Å². The molecule has 23 heavy (non-hydrogen) atoms. The first-order valence-electron chi connectivity index (χ1n) is 6.76. The van der Waals surface area contributed by atoms with Gasteiger partial charge in [0.25, 0.3) is 0 Å². The number of hydrogen-bond donors (Lipinski definition) is 2. The number of alkyl halides is 3. The Labute approximate surface area is 155 Å². The molecule has 1 heterocycles. The van der Waals surface area contributed by atoms with Crippen LogP contribution in [0.15, 0.2) is 17.3 Å². The first kappa shape index (κ1) is 22.0. The first-order valence-corrected chi connectivity index (χ1v) is 7.14. The molecule has 0 aliphatic rings. The van der Waals surface area contributed by atoms with E-state index in [2.05, 4.69) is 20.6 Å². The van der Waals surface area contributed by atoms with Crippen molar-refractivity contribution in [1.29, 1.82) is 0 Å². The van der Waals surface area contributed by atoms with Crippen molar-refractivity contribution in [3.63, 3.8) is 0 Å². The lowest BCUT2D eigenvalue weighted by atomic mass is 10.3. The van der Waals surface area contributed by atoms with Gasteiger partial charge >= 0.3 is 6.18 Å². The quantitative estimate of drug-likeness (QED) is 0.292. The van der Waals surface area contributed by atoms with Gasteiger partial charge in [-0.15, -0.1) is 24.0 Å². The second-order valence-electron chi connectivity index (χ2n) is 4.15. The molecular formula is C13H19ClF3IN4O. The van der Waals surface area contributed by atoms with Gasteiger partial charge in [-0.1, -0.05) is 11.6 Å². The van der Waals surface area contributed by atoms with Crippen molar-refractivity contribution in [1.82, 2.24) is 15.6 Å². The van der Waals surface area contributed by atoms with Gasteiger partial charge in [-0.3, -0.25) is 0 Å². The van der Waals surface area contributed by atoms with Crippen LogP contribution in [0.4, 0.5) is 13.2 Å². The van der Waals surface area contributed by atoms with Crippen LogP contribution in [0.3, 0.4) is 0 Å². The summed E-state index contributed by atoms with van der Waals surface area (Å²) in [5.41, 5.74) is -0.913. The predicted molar refractivity (Wildman–Crippen MR) is 94.8 cm³/mol. The van der Waals surface area contributed by atoms with Gasteiger partial charge in [0.05, 0.1) is 12.1 Å². The summed E-state index contributed by atoms with van der Waals surface area (Å²) in [6.07, 6.45) is -3.79. The zero-order valence-corrected chi connectivity index (χ0v) is 15.8. The number of nitrogens with zero attached hydrogens (tertiary/aromatic N) is 2. The summed E-state index contributed by atoms with van der Waals surface area (Å²) in [6.45, 7) is 5.79. The van der Waals surface area contributed by atoms with Crippen LogP contribution in [-0.4, -0.2) is 37.2 Å². The summed E-state index contributed by atoms with van der Waals surface area (Å²) >= 11 is 5.73. The second kappa shape index (κ2) is 10.7. The summed E-state index contributed by atoms with van der Waals surface area (Å²) in [5.74, 6) is 0.596. The Kier molecular flexibility index (Phi) is 10.3. The maximum atomic E-state index is 12.5. The molecule has 0 bridgehead atoms. The van der Waals surface area contributed by atoms with Crippen LogP contribution < -0.4 is 15.4 Å². The fraction of sp³-hybridized carbons (Fsp3) is 0.538. The summed E-state index contributed by atoms with van der Waals surface area (Å²) in [5, 5.41) is 5.89. The standard InChI is InChI=1S/C13H18ClF3N4O.HI/c1-3-18-12(19-4-2)20-5-6-22-11-10(14)7-9(8-21-11)13(15,16)17;/h7-8H,3-6H2,1-2H3,(H2,18,19,20);1H. The van der Waals surface area contributed by atoms with E-state index in [1.54, 1.807) is 0 Å². The Hall–Kier alpha value is -0.970. The Balaban J connectivity index is 0.00000484.